The molecule has 1 atom stereocenters. The first-order valence-electron chi connectivity index (χ1n) is 4.66. The molecule has 0 unspecified atom stereocenters. The van der Waals surface area contributed by atoms with E-state index < -0.39 is 0 Å². The Bertz CT molecular complexity index is 374. The van der Waals surface area contributed by atoms with Gasteiger partial charge in [0, 0.05) is 19.0 Å². The van der Waals surface area contributed by atoms with Crippen molar-refractivity contribution in [2.45, 2.75) is 13.0 Å². The Morgan fingerprint density at radius 2 is 2.40 bits per heavy atom. The number of aromatic nitrogens is 1. The molecule has 1 aromatic rings. The number of carbonyl (C=O) groups is 1. The Morgan fingerprint density at radius 3 is 2.87 bits per heavy atom. The van der Waals surface area contributed by atoms with Crippen molar-refractivity contribution in [3.8, 4) is 0 Å². The molecule has 0 amide bonds. The summed E-state index contributed by atoms with van der Waals surface area (Å²) in [5.74, 6) is 0.298. The quantitative estimate of drug-likeness (QED) is 0.820. The molecule has 0 radical (unpaired) electrons. The molecule has 82 valence electrons. The molecular formula is C9H11ClN2O2S. The molecule has 1 aromatic heterocycles. The highest BCUT2D eigenvalue weighted by molar-refractivity contribution is 7.17. The number of anilines is 1. The van der Waals surface area contributed by atoms with Crippen molar-refractivity contribution in [1.29, 1.82) is 0 Å². The highest BCUT2D eigenvalue weighted by atomic mass is 35.5. The summed E-state index contributed by atoms with van der Waals surface area (Å²) in [5.41, 5.74) is 0. The van der Waals surface area contributed by atoms with Gasteiger partial charge in [0.2, 0.25) is 0 Å². The van der Waals surface area contributed by atoms with Crippen molar-refractivity contribution in [2.24, 2.45) is 5.92 Å². The van der Waals surface area contributed by atoms with E-state index in [2.05, 4.69) is 4.98 Å². The van der Waals surface area contributed by atoms with Crippen LogP contribution in [0, 0.1) is 5.92 Å². The maximum Gasteiger partial charge on any atom is 0.187 e. The van der Waals surface area contributed by atoms with Crippen molar-refractivity contribution in [3.63, 3.8) is 0 Å². The minimum Gasteiger partial charge on any atom is -0.393 e. The van der Waals surface area contributed by atoms with Gasteiger partial charge in [0.15, 0.2) is 16.6 Å². The molecule has 0 spiro atoms. The molecule has 15 heavy (non-hydrogen) atoms. The fourth-order valence-electron chi connectivity index (χ4n) is 1.48. The number of thiazole rings is 1. The molecule has 2 heterocycles. The number of nitrogens with zero attached hydrogens (tertiary/aromatic N) is 2. The van der Waals surface area contributed by atoms with Crippen molar-refractivity contribution in [3.05, 3.63) is 10.0 Å². The van der Waals surface area contributed by atoms with Gasteiger partial charge in [-0.2, -0.15) is 0 Å². The second-order valence-electron chi connectivity index (χ2n) is 3.68. The largest absolute Gasteiger partial charge is 0.393 e. The van der Waals surface area contributed by atoms with Crippen LogP contribution in [-0.4, -0.2) is 35.6 Å². The average molecular weight is 247 g/mol. The van der Waals surface area contributed by atoms with Gasteiger partial charge in [0.1, 0.15) is 4.88 Å². The molecular weight excluding hydrogens is 236 g/mol. The standard InChI is InChI=1S/C9H11ClN2O2S/c1-5(14)6-2-12(3-6)9-11-8(10)7(4-13)15-9/h4-6,14H,2-3H2,1H3/t5-/m0/s1. The first kappa shape index (κ1) is 10.9. The van der Waals surface area contributed by atoms with Gasteiger partial charge in [-0.25, -0.2) is 4.98 Å². The first-order chi connectivity index (χ1) is 7.11. The number of carbonyl (C=O) groups excluding carboxylic acids is 1. The second-order valence-corrected chi connectivity index (χ2v) is 5.04. The van der Waals surface area contributed by atoms with Crippen LogP contribution >= 0.6 is 22.9 Å². The molecule has 4 nitrogen and oxygen atoms in total. The minimum atomic E-state index is -0.290. The zero-order valence-corrected chi connectivity index (χ0v) is 9.75. The molecule has 1 aliphatic heterocycles. The van der Waals surface area contributed by atoms with E-state index in [0.29, 0.717) is 10.8 Å². The lowest BCUT2D eigenvalue weighted by Crippen LogP contribution is -2.51. The molecule has 1 aliphatic rings. The molecule has 1 fully saturated rings. The summed E-state index contributed by atoms with van der Waals surface area (Å²) >= 11 is 7.05. The van der Waals surface area contributed by atoms with Crippen LogP contribution < -0.4 is 4.90 Å². The van der Waals surface area contributed by atoms with Crippen LogP contribution in [0.25, 0.3) is 0 Å². The lowest BCUT2D eigenvalue weighted by molar-refractivity contribution is 0.107. The van der Waals surface area contributed by atoms with Gasteiger partial charge >= 0.3 is 0 Å². The van der Waals surface area contributed by atoms with Crippen molar-refractivity contribution >= 4 is 34.4 Å². The SMILES string of the molecule is C[C@H](O)C1CN(c2nc(Cl)c(C=O)s2)C1. The van der Waals surface area contributed by atoms with E-state index in [1.54, 1.807) is 6.92 Å². The maximum absolute atomic E-state index is 10.6. The Kier molecular flexibility index (Phi) is 2.95. The summed E-state index contributed by atoms with van der Waals surface area (Å²) in [4.78, 5) is 17.1. The summed E-state index contributed by atoms with van der Waals surface area (Å²) in [6.45, 7) is 3.34. The molecule has 2 rings (SSSR count). The van der Waals surface area contributed by atoms with Crippen LogP contribution in [0.1, 0.15) is 16.6 Å². The van der Waals surface area contributed by atoms with E-state index in [0.717, 1.165) is 24.5 Å². The molecule has 0 aliphatic carbocycles. The predicted molar refractivity (Wildman–Crippen MR) is 59.9 cm³/mol. The monoisotopic (exact) mass is 246 g/mol. The third kappa shape index (κ3) is 2.00. The third-order valence-corrected chi connectivity index (χ3v) is 4.01. The molecule has 1 N–H and O–H groups in total. The van der Waals surface area contributed by atoms with Gasteiger partial charge in [0.05, 0.1) is 6.10 Å². The van der Waals surface area contributed by atoms with Gasteiger partial charge in [0.25, 0.3) is 0 Å². The highest BCUT2D eigenvalue weighted by Crippen LogP contribution is 2.33. The number of aliphatic hydroxyl groups excluding tert-OH is 1. The fourth-order valence-corrected chi connectivity index (χ4v) is 2.56. The molecule has 0 saturated carbocycles. The van der Waals surface area contributed by atoms with Crippen LogP contribution in [-0.2, 0) is 0 Å². The summed E-state index contributed by atoms with van der Waals surface area (Å²) in [7, 11) is 0. The van der Waals surface area contributed by atoms with E-state index in [9.17, 15) is 9.90 Å². The van der Waals surface area contributed by atoms with Crippen molar-refractivity contribution in [2.75, 3.05) is 18.0 Å². The normalized spacial score (nSPS) is 18.7. The Morgan fingerprint density at radius 1 is 1.73 bits per heavy atom. The third-order valence-electron chi connectivity index (χ3n) is 2.57. The Balaban J connectivity index is 2.04. The van der Waals surface area contributed by atoms with E-state index in [1.807, 2.05) is 4.90 Å². The zero-order valence-electron chi connectivity index (χ0n) is 8.18. The van der Waals surface area contributed by atoms with E-state index in [-0.39, 0.29) is 11.3 Å². The lowest BCUT2D eigenvalue weighted by atomic mass is 9.96. The van der Waals surface area contributed by atoms with Crippen LogP contribution in [0.2, 0.25) is 5.15 Å². The highest BCUT2D eigenvalue weighted by Gasteiger charge is 2.32. The van der Waals surface area contributed by atoms with Crippen LogP contribution in [0.4, 0.5) is 5.13 Å². The van der Waals surface area contributed by atoms with Gasteiger partial charge in [-0.1, -0.05) is 22.9 Å². The smallest absolute Gasteiger partial charge is 0.187 e. The molecule has 0 aromatic carbocycles. The van der Waals surface area contributed by atoms with Gasteiger partial charge in [-0.15, -0.1) is 0 Å². The van der Waals surface area contributed by atoms with Crippen LogP contribution in [0.15, 0.2) is 0 Å². The van der Waals surface area contributed by atoms with Gasteiger partial charge < -0.3 is 10.0 Å². The minimum absolute atomic E-state index is 0.269. The second kappa shape index (κ2) is 4.08. The van der Waals surface area contributed by atoms with Crippen molar-refractivity contribution < 1.29 is 9.90 Å². The number of aliphatic hydroxyl groups is 1. The summed E-state index contributed by atoms with van der Waals surface area (Å²) in [6, 6.07) is 0. The summed E-state index contributed by atoms with van der Waals surface area (Å²) < 4.78 is 0. The van der Waals surface area contributed by atoms with Crippen LogP contribution in [0.3, 0.4) is 0 Å². The van der Waals surface area contributed by atoms with Gasteiger partial charge in [-0.05, 0) is 6.92 Å². The van der Waals surface area contributed by atoms with E-state index >= 15 is 0 Å². The number of hydrogen-bond acceptors (Lipinski definition) is 5. The van der Waals surface area contributed by atoms with E-state index in [1.165, 1.54) is 11.3 Å². The molecule has 0 bridgehead atoms. The number of halogens is 1. The first-order valence-corrected chi connectivity index (χ1v) is 5.85. The molecule has 1 saturated heterocycles. The Hall–Kier alpha value is -0.650. The predicted octanol–water partition coefficient (Wildman–Crippen LogP) is 1.43. The number of aldehydes is 1. The summed E-state index contributed by atoms with van der Waals surface area (Å²) in [6.07, 6.45) is 0.428. The number of hydrogen-bond donors (Lipinski definition) is 1. The maximum atomic E-state index is 10.6. The summed E-state index contributed by atoms with van der Waals surface area (Å²) in [5, 5.41) is 10.3. The van der Waals surface area contributed by atoms with Crippen molar-refractivity contribution in [1.82, 2.24) is 4.98 Å². The average Bonchev–Trinajstić information content (AvgIpc) is 2.43. The topological polar surface area (TPSA) is 53.4 Å². The fraction of sp³-hybridized carbons (Fsp3) is 0.556. The number of rotatable bonds is 3. The lowest BCUT2D eigenvalue weighted by Gasteiger charge is -2.40. The Labute approximate surface area is 96.5 Å². The van der Waals surface area contributed by atoms with Gasteiger partial charge in [-0.3, -0.25) is 4.79 Å². The molecule has 6 heteroatoms. The zero-order chi connectivity index (χ0) is 11.0. The van der Waals surface area contributed by atoms with Crippen LogP contribution in [0.5, 0.6) is 0 Å². The van der Waals surface area contributed by atoms with E-state index in [4.69, 9.17) is 11.6 Å².